The molecule has 0 fully saturated rings. The summed E-state index contributed by atoms with van der Waals surface area (Å²) in [5.74, 6) is 0. The van der Waals surface area contributed by atoms with E-state index in [4.69, 9.17) is 9.16 Å². The molecular formula is C22H33NO2Si. The molecule has 2 aromatic rings. The van der Waals surface area contributed by atoms with E-state index in [0.717, 1.165) is 13.2 Å². The smallest absolute Gasteiger partial charge is 0.261 e. The number of rotatable bonds is 9. The summed E-state index contributed by atoms with van der Waals surface area (Å²) in [5, 5.41) is 2.64. The Bertz CT molecular complexity index is 599. The molecule has 0 atom stereocenters. The summed E-state index contributed by atoms with van der Waals surface area (Å²) in [7, 11) is 1.69. The Labute approximate surface area is 160 Å². The highest BCUT2D eigenvalue weighted by molar-refractivity contribution is 6.99. The Kier molecular flexibility index (Phi) is 7.59. The minimum absolute atomic E-state index is 0.0132. The predicted molar refractivity (Wildman–Crippen MR) is 113 cm³/mol. The molecule has 2 rings (SSSR count). The first-order valence-electron chi connectivity index (χ1n) is 9.35. The van der Waals surface area contributed by atoms with Gasteiger partial charge >= 0.3 is 0 Å². The first-order chi connectivity index (χ1) is 12.4. The minimum Gasteiger partial charge on any atom is -0.405 e. The fourth-order valence-electron chi connectivity index (χ4n) is 3.36. The van der Waals surface area contributed by atoms with Crippen molar-refractivity contribution in [3.63, 3.8) is 0 Å². The second kappa shape index (κ2) is 9.47. The molecule has 0 N–H and O–H groups in total. The van der Waals surface area contributed by atoms with Crippen LogP contribution in [0.2, 0.25) is 5.04 Å². The van der Waals surface area contributed by atoms with Gasteiger partial charge < -0.3 is 14.1 Å². The third kappa shape index (κ3) is 5.04. The first-order valence-corrected chi connectivity index (χ1v) is 11.3. The maximum absolute atomic E-state index is 6.77. The molecule has 0 radical (unpaired) electrons. The highest BCUT2D eigenvalue weighted by Gasteiger charge is 2.49. The molecule has 0 heterocycles. The summed E-state index contributed by atoms with van der Waals surface area (Å²) in [4.78, 5) is 2.13. The van der Waals surface area contributed by atoms with Crippen LogP contribution in [0.3, 0.4) is 0 Å². The van der Waals surface area contributed by atoms with Crippen LogP contribution in [0.1, 0.15) is 20.8 Å². The number of ether oxygens (including phenoxy) is 1. The van der Waals surface area contributed by atoms with Gasteiger partial charge in [0, 0.05) is 6.54 Å². The lowest BCUT2D eigenvalue weighted by atomic mass is 10.2. The lowest BCUT2D eigenvalue weighted by molar-refractivity contribution is 0.0862. The van der Waals surface area contributed by atoms with Crippen LogP contribution in [0, 0.1) is 0 Å². The maximum Gasteiger partial charge on any atom is 0.261 e. The zero-order valence-corrected chi connectivity index (χ0v) is 17.9. The SMILES string of the molecule is CN(C)CCOCCO[Si](c1ccccc1)(c1ccccc1)C(C)(C)C. The monoisotopic (exact) mass is 371 g/mol. The molecule has 0 saturated carbocycles. The fraction of sp³-hybridized carbons (Fsp3) is 0.455. The van der Waals surface area contributed by atoms with E-state index in [0.29, 0.717) is 13.2 Å². The van der Waals surface area contributed by atoms with Crippen molar-refractivity contribution in [3.8, 4) is 0 Å². The normalized spacial score (nSPS) is 12.5. The van der Waals surface area contributed by atoms with Gasteiger partial charge in [-0.3, -0.25) is 0 Å². The van der Waals surface area contributed by atoms with Crippen molar-refractivity contribution in [2.75, 3.05) is 40.5 Å². The molecule has 0 aliphatic heterocycles. The number of hydrogen-bond acceptors (Lipinski definition) is 3. The predicted octanol–water partition coefficient (Wildman–Crippen LogP) is 3.14. The first kappa shape index (κ1) is 20.8. The molecule has 4 heteroatoms. The van der Waals surface area contributed by atoms with E-state index in [2.05, 4.69) is 100 Å². The highest BCUT2D eigenvalue weighted by Crippen LogP contribution is 2.36. The van der Waals surface area contributed by atoms with E-state index in [1.54, 1.807) is 0 Å². The lowest BCUT2D eigenvalue weighted by Gasteiger charge is -2.43. The van der Waals surface area contributed by atoms with Crippen LogP contribution >= 0.6 is 0 Å². The lowest BCUT2D eigenvalue weighted by Crippen LogP contribution is -2.66. The van der Waals surface area contributed by atoms with Crippen molar-refractivity contribution in [1.29, 1.82) is 0 Å². The number of likely N-dealkylation sites (N-methyl/N-ethyl adjacent to an activating group) is 1. The molecule has 0 aromatic heterocycles. The van der Waals surface area contributed by atoms with E-state index in [1.165, 1.54) is 10.4 Å². The van der Waals surface area contributed by atoms with Crippen molar-refractivity contribution in [2.45, 2.75) is 25.8 Å². The molecule has 3 nitrogen and oxygen atoms in total. The van der Waals surface area contributed by atoms with Crippen molar-refractivity contribution in [1.82, 2.24) is 4.90 Å². The van der Waals surface area contributed by atoms with E-state index < -0.39 is 8.32 Å². The van der Waals surface area contributed by atoms with Crippen LogP contribution in [-0.4, -0.2) is 53.7 Å². The van der Waals surface area contributed by atoms with Crippen LogP contribution in [0.15, 0.2) is 60.7 Å². The Balaban J connectivity index is 2.26. The van der Waals surface area contributed by atoms with Gasteiger partial charge in [-0.1, -0.05) is 81.4 Å². The van der Waals surface area contributed by atoms with Crippen LogP contribution in [0.25, 0.3) is 0 Å². The van der Waals surface area contributed by atoms with Gasteiger partial charge in [0.15, 0.2) is 0 Å². The Morgan fingerprint density at radius 3 is 1.69 bits per heavy atom. The van der Waals surface area contributed by atoms with Gasteiger partial charge in [0.1, 0.15) is 0 Å². The Morgan fingerprint density at radius 1 is 0.769 bits per heavy atom. The van der Waals surface area contributed by atoms with Gasteiger partial charge in [0.2, 0.25) is 0 Å². The summed E-state index contributed by atoms with van der Waals surface area (Å²) < 4.78 is 12.6. The highest BCUT2D eigenvalue weighted by atomic mass is 28.4. The molecule has 0 aliphatic carbocycles. The molecule has 0 unspecified atom stereocenters. The van der Waals surface area contributed by atoms with E-state index in [1.807, 2.05) is 0 Å². The number of nitrogens with zero attached hydrogens (tertiary/aromatic N) is 1. The second-order valence-corrected chi connectivity index (χ2v) is 12.2. The topological polar surface area (TPSA) is 21.7 Å². The molecule has 26 heavy (non-hydrogen) atoms. The van der Waals surface area contributed by atoms with Crippen molar-refractivity contribution < 1.29 is 9.16 Å². The summed E-state index contributed by atoms with van der Waals surface area (Å²) in [6.07, 6.45) is 0. The molecule has 142 valence electrons. The minimum atomic E-state index is -2.42. The van der Waals surface area contributed by atoms with E-state index >= 15 is 0 Å². The summed E-state index contributed by atoms with van der Waals surface area (Å²) in [5.41, 5.74) is 0. The van der Waals surface area contributed by atoms with Gasteiger partial charge in [-0.05, 0) is 29.5 Å². The summed E-state index contributed by atoms with van der Waals surface area (Å²) >= 11 is 0. The van der Waals surface area contributed by atoms with Crippen molar-refractivity contribution in [3.05, 3.63) is 60.7 Å². The molecule has 2 aromatic carbocycles. The van der Waals surface area contributed by atoms with E-state index in [9.17, 15) is 0 Å². The second-order valence-electron chi connectivity index (χ2n) is 7.93. The zero-order chi connectivity index (χ0) is 19.0. The number of benzene rings is 2. The third-order valence-electron chi connectivity index (χ3n) is 4.65. The van der Waals surface area contributed by atoms with E-state index in [-0.39, 0.29) is 5.04 Å². The van der Waals surface area contributed by atoms with Crippen LogP contribution < -0.4 is 10.4 Å². The van der Waals surface area contributed by atoms with Crippen molar-refractivity contribution >= 4 is 18.7 Å². The van der Waals surface area contributed by atoms with Gasteiger partial charge in [0.05, 0.1) is 19.8 Å². The van der Waals surface area contributed by atoms with Gasteiger partial charge in [-0.15, -0.1) is 0 Å². The summed E-state index contributed by atoms with van der Waals surface area (Å²) in [6.45, 7) is 9.79. The van der Waals surface area contributed by atoms with Crippen LogP contribution in [0.5, 0.6) is 0 Å². The third-order valence-corrected chi connectivity index (χ3v) is 9.69. The number of hydrogen-bond donors (Lipinski definition) is 0. The zero-order valence-electron chi connectivity index (χ0n) is 16.9. The standard InChI is InChI=1S/C22H33NO2Si/c1-22(2,3)26(20-12-8-6-9-13-20,21-14-10-7-11-15-21)25-19-18-24-17-16-23(4)5/h6-15H,16-19H2,1-5H3. The molecule has 0 saturated heterocycles. The van der Waals surface area contributed by atoms with Crippen LogP contribution in [0.4, 0.5) is 0 Å². The molecule has 0 aliphatic rings. The van der Waals surface area contributed by atoms with Gasteiger partial charge in [0.25, 0.3) is 8.32 Å². The maximum atomic E-state index is 6.77. The van der Waals surface area contributed by atoms with Gasteiger partial charge in [-0.2, -0.15) is 0 Å². The Morgan fingerprint density at radius 2 is 1.27 bits per heavy atom. The average Bonchev–Trinajstić information content (AvgIpc) is 2.61. The largest absolute Gasteiger partial charge is 0.405 e. The average molecular weight is 372 g/mol. The summed E-state index contributed by atoms with van der Waals surface area (Å²) in [6, 6.07) is 21.5. The quantitative estimate of drug-likeness (QED) is 0.499. The van der Waals surface area contributed by atoms with Crippen molar-refractivity contribution in [2.24, 2.45) is 0 Å². The molecular weight excluding hydrogens is 338 g/mol. The van der Waals surface area contributed by atoms with Crippen LogP contribution in [-0.2, 0) is 9.16 Å². The van der Waals surface area contributed by atoms with Gasteiger partial charge in [-0.25, -0.2) is 0 Å². The Hall–Kier alpha value is -1.46. The molecule has 0 bridgehead atoms. The fourth-order valence-corrected chi connectivity index (χ4v) is 7.91. The molecule has 0 spiro atoms. The molecule has 0 amide bonds.